The summed E-state index contributed by atoms with van der Waals surface area (Å²) in [5, 5.41) is 11.2. The average molecular weight is 373 g/mol. The second kappa shape index (κ2) is 7.52. The normalized spacial score (nSPS) is 11.9. The predicted molar refractivity (Wildman–Crippen MR) is 104 cm³/mol. The van der Waals surface area contributed by atoms with Gasteiger partial charge in [-0.3, -0.25) is 4.79 Å². The first kappa shape index (κ1) is 17.7. The smallest absolute Gasteiger partial charge is 0.251 e. The molecule has 0 bridgehead atoms. The van der Waals surface area contributed by atoms with Gasteiger partial charge in [0.05, 0.1) is 12.3 Å². The number of benzene rings is 2. The molecule has 0 saturated carbocycles. The van der Waals surface area contributed by atoms with Crippen molar-refractivity contribution >= 4 is 5.91 Å². The molecule has 0 aliphatic rings. The van der Waals surface area contributed by atoms with Crippen LogP contribution in [0.3, 0.4) is 0 Å². The number of rotatable bonds is 5. The van der Waals surface area contributed by atoms with Crippen LogP contribution in [0.25, 0.3) is 22.9 Å². The lowest BCUT2D eigenvalue weighted by Gasteiger charge is -2.11. The molecule has 140 valence electrons. The number of amides is 1. The van der Waals surface area contributed by atoms with E-state index in [1.165, 1.54) is 0 Å². The second-order valence-electron chi connectivity index (χ2n) is 6.52. The molecule has 28 heavy (non-hydrogen) atoms. The van der Waals surface area contributed by atoms with E-state index in [2.05, 4.69) is 15.5 Å². The minimum absolute atomic E-state index is 0.179. The lowest BCUT2D eigenvalue weighted by atomic mass is 10.1. The molecule has 0 aliphatic carbocycles. The van der Waals surface area contributed by atoms with Gasteiger partial charge in [0.2, 0.25) is 11.8 Å². The van der Waals surface area contributed by atoms with Gasteiger partial charge in [-0.2, -0.15) is 0 Å². The maximum atomic E-state index is 12.4. The summed E-state index contributed by atoms with van der Waals surface area (Å²) >= 11 is 0. The Balaban J connectivity index is 1.49. The van der Waals surface area contributed by atoms with Crippen molar-refractivity contribution in [2.24, 2.45) is 0 Å². The fraction of sp³-hybridized carbons (Fsp3) is 0.136. The summed E-state index contributed by atoms with van der Waals surface area (Å²) in [5.41, 5.74) is 3.27. The molecule has 1 amide bonds. The van der Waals surface area contributed by atoms with E-state index in [0.717, 1.165) is 16.7 Å². The zero-order chi connectivity index (χ0) is 19.5. The van der Waals surface area contributed by atoms with E-state index in [1.807, 2.05) is 44.2 Å². The molecule has 1 N–H and O–H groups in total. The Morgan fingerprint density at radius 2 is 1.71 bits per heavy atom. The maximum Gasteiger partial charge on any atom is 0.251 e. The highest BCUT2D eigenvalue weighted by Crippen LogP contribution is 2.26. The minimum atomic E-state index is -0.213. The lowest BCUT2D eigenvalue weighted by molar-refractivity contribution is 0.0935. The lowest BCUT2D eigenvalue weighted by Crippen LogP contribution is -2.26. The van der Waals surface area contributed by atoms with Gasteiger partial charge in [0.15, 0.2) is 0 Å². The number of carbonyl (C=O) groups is 1. The van der Waals surface area contributed by atoms with Crippen LogP contribution in [0.2, 0.25) is 0 Å². The van der Waals surface area contributed by atoms with Gasteiger partial charge in [0.25, 0.3) is 5.91 Å². The van der Waals surface area contributed by atoms with Crippen molar-refractivity contribution in [2.45, 2.75) is 19.9 Å². The third kappa shape index (κ3) is 3.57. The standard InChI is InChI=1S/C22H19N3O3/c1-14-6-3-4-7-18(14)22-25-24-21(28-22)17-11-9-16(10-12-17)20(26)23-15(2)19-8-5-13-27-19/h3-13,15H,1-2H3,(H,23,26)/t15-/m0/s1. The van der Waals surface area contributed by atoms with Crippen molar-refractivity contribution in [2.75, 3.05) is 0 Å². The van der Waals surface area contributed by atoms with Crippen molar-refractivity contribution in [3.05, 3.63) is 83.8 Å². The molecule has 0 aliphatic heterocycles. The van der Waals surface area contributed by atoms with Crippen LogP contribution in [0.15, 0.2) is 75.8 Å². The Morgan fingerprint density at radius 1 is 0.964 bits per heavy atom. The van der Waals surface area contributed by atoms with Crippen LogP contribution in [-0.2, 0) is 0 Å². The highest BCUT2D eigenvalue weighted by Gasteiger charge is 2.15. The van der Waals surface area contributed by atoms with E-state index in [0.29, 0.717) is 23.1 Å². The van der Waals surface area contributed by atoms with Gasteiger partial charge in [-0.25, -0.2) is 0 Å². The Bertz CT molecular complexity index is 1080. The van der Waals surface area contributed by atoms with Gasteiger partial charge in [0.1, 0.15) is 5.76 Å². The van der Waals surface area contributed by atoms with Crippen LogP contribution < -0.4 is 5.32 Å². The van der Waals surface area contributed by atoms with Crippen LogP contribution in [-0.4, -0.2) is 16.1 Å². The number of nitrogens with one attached hydrogen (secondary N) is 1. The maximum absolute atomic E-state index is 12.4. The molecule has 1 atom stereocenters. The van der Waals surface area contributed by atoms with E-state index in [4.69, 9.17) is 8.83 Å². The van der Waals surface area contributed by atoms with E-state index in [-0.39, 0.29) is 11.9 Å². The first-order chi connectivity index (χ1) is 13.6. The Morgan fingerprint density at radius 3 is 2.43 bits per heavy atom. The molecule has 2 aromatic heterocycles. The van der Waals surface area contributed by atoms with E-state index in [1.54, 1.807) is 36.6 Å². The average Bonchev–Trinajstić information content (AvgIpc) is 3.41. The summed E-state index contributed by atoms with van der Waals surface area (Å²) in [4.78, 5) is 12.4. The Kier molecular flexibility index (Phi) is 4.76. The van der Waals surface area contributed by atoms with Crippen LogP contribution in [0, 0.1) is 6.92 Å². The van der Waals surface area contributed by atoms with Crippen LogP contribution in [0.5, 0.6) is 0 Å². The van der Waals surface area contributed by atoms with Crippen molar-refractivity contribution in [3.63, 3.8) is 0 Å². The third-order valence-electron chi connectivity index (χ3n) is 4.51. The number of hydrogen-bond acceptors (Lipinski definition) is 5. The molecule has 2 heterocycles. The topological polar surface area (TPSA) is 81.2 Å². The Hall–Kier alpha value is -3.67. The van der Waals surface area contributed by atoms with Crippen molar-refractivity contribution in [1.29, 1.82) is 0 Å². The quantitative estimate of drug-likeness (QED) is 0.544. The molecule has 6 heteroatoms. The summed E-state index contributed by atoms with van der Waals surface area (Å²) < 4.78 is 11.1. The number of nitrogens with zero attached hydrogens (tertiary/aromatic N) is 2. The molecule has 0 unspecified atom stereocenters. The van der Waals surface area contributed by atoms with Crippen molar-refractivity contribution < 1.29 is 13.6 Å². The van der Waals surface area contributed by atoms with E-state index in [9.17, 15) is 4.79 Å². The van der Waals surface area contributed by atoms with E-state index >= 15 is 0 Å². The zero-order valence-corrected chi connectivity index (χ0v) is 15.5. The molecule has 0 fully saturated rings. The molecule has 4 rings (SSSR count). The molecule has 2 aromatic carbocycles. The summed E-state index contributed by atoms with van der Waals surface area (Å²) in [6, 6.07) is 18.3. The molecular weight excluding hydrogens is 354 g/mol. The molecular formula is C22H19N3O3. The minimum Gasteiger partial charge on any atom is -0.467 e. The summed E-state index contributed by atoms with van der Waals surface area (Å²) in [6.07, 6.45) is 1.59. The number of carbonyl (C=O) groups excluding carboxylic acids is 1. The van der Waals surface area contributed by atoms with Gasteiger partial charge in [0, 0.05) is 16.7 Å². The van der Waals surface area contributed by atoms with Crippen molar-refractivity contribution in [3.8, 4) is 22.9 Å². The summed E-state index contributed by atoms with van der Waals surface area (Å²) in [7, 11) is 0. The highest BCUT2D eigenvalue weighted by molar-refractivity contribution is 5.94. The van der Waals surface area contributed by atoms with Gasteiger partial charge < -0.3 is 14.2 Å². The van der Waals surface area contributed by atoms with E-state index < -0.39 is 0 Å². The zero-order valence-electron chi connectivity index (χ0n) is 15.5. The molecule has 4 aromatic rings. The number of hydrogen-bond donors (Lipinski definition) is 1. The highest BCUT2D eigenvalue weighted by atomic mass is 16.4. The predicted octanol–water partition coefficient (Wildman–Crippen LogP) is 4.80. The van der Waals surface area contributed by atoms with Gasteiger partial charge in [-0.15, -0.1) is 10.2 Å². The van der Waals surface area contributed by atoms with Crippen LogP contribution >= 0.6 is 0 Å². The first-order valence-corrected chi connectivity index (χ1v) is 8.96. The Labute approximate surface area is 162 Å². The first-order valence-electron chi connectivity index (χ1n) is 8.96. The summed E-state index contributed by atoms with van der Waals surface area (Å²) in [6.45, 7) is 3.87. The van der Waals surface area contributed by atoms with Gasteiger partial charge >= 0.3 is 0 Å². The molecule has 0 spiro atoms. The summed E-state index contributed by atoms with van der Waals surface area (Å²) in [5.74, 6) is 1.41. The van der Waals surface area contributed by atoms with Crippen LogP contribution in [0.1, 0.15) is 34.6 Å². The fourth-order valence-corrected chi connectivity index (χ4v) is 2.91. The molecule has 6 nitrogen and oxygen atoms in total. The number of aryl methyl sites for hydroxylation is 1. The van der Waals surface area contributed by atoms with Crippen LogP contribution in [0.4, 0.5) is 0 Å². The number of furan rings is 1. The van der Waals surface area contributed by atoms with Gasteiger partial charge in [-0.05, 0) is 61.9 Å². The largest absolute Gasteiger partial charge is 0.467 e. The number of aromatic nitrogens is 2. The second-order valence-corrected chi connectivity index (χ2v) is 6.52. The third-order valence-corrected chi connectivity index (χ3v) is 4.51. The molecule has 0 radical (unpaired) electrons. The van der Waals surface area contributed by atoms with Crippen molar-refractivity contribution in [1.82, 2.24) is 15.5 Å². The fourth-order valence-electron chi connectivity index (χ4n) is 2.91. The van der Waals surface area contributed by atoms with Gasteiger partial charge in [-0.1, -0.05) is 18.2 Å². The SMILES string of the molecule is Cc1ccccc1-c1nnc(-c2ccc(C(=O)N[C@@H](C)c3ccco3)cc2)o1. The monoisotopic (exact) mass is 373 g/mol. The molecule has 0 saturated heterocycles.